The summed E-state index contributed by atoms with van der Waals surface area (Å²) in [5.41, 5.74) is 1.41. The minimum absolute atomic E-state index is 0.227. The molecular formula is C26H28N6O3S2. The highest BCUT2D eigenvalue weighted by Crippen LogP contribution is 2.27. The number of hydrogen-bond donors (Lipinski definition) is 2. The molecule has 9 nitrogen and oxygen atoms in total. The lowest BCUT2D eigenvalue weighted by Crippen LogP contribution is -2.38. The third kappa shape index (κ3) is 6.12. The van der Waals surface area contributed by atoms with Crippen molar-refractivity contribution >= 4 is 48.9 Å². The van der Waals surface area contributed by atoms with Crippen molar-refractivity contribution in [3.8, 4) is 0 Å². The van der Waals surface area contributed by atoms with Crippen LogP contribution in [0.3, 0.4) is 0 Å². The van der Waals surface area contributed by atoms with Crippen LogP contribution in [-0.2, 0) is 20.6 Å². The predicted octanol–water partition coefficient (Wildman–Crippen LogP) is 3.47. The van der Waals surface area contributed by atoms with E-state index >= 15 is 0 Å². The minimum atomic E-state index is -3.58. The van der Waals surface area contributed by atoms with Gasteiger partial charge in [0.2, 0.25) is 9.84 Å². The highest BCUT2D eigenvalue weighted by molar-refractivity contribution is 7.91. The van der Waals surface area contributed by atoms with Crippen molar-refractivity contribution in [3.05, 3.63) is 73.2 Å². The second kappa shape index (κ2) is 11.3. The van der Waals surface area contributed by atoms with E-state index < -0.39 is 20.6 Å². The van der Waals surface area contributed by atoms with Gasteiger partial charge in [0.15, 0.2) is 0 Å². The number of fused-ring (bicyclic) bond motifs is 1. The third-order valence-electron chi connectivity index (χ3n) is 6.23. The number of nitrogens with one attached hydrogen (secondary N) is 2. The van der Waals surface area contributed by atoms with Crippen molar-refractivity contribution < 1.29 is 12.6 Å². The number of nitrogens with zero attached hydrogens (tertiary/aromatic N) is 4. The summed E-state index contributed by atoms with van der Waals surface area (Å²) < 4.78 is 37.2. The van der Waals surface area contributed by atoms with Crippen LogP contribution in [0.5, 0.6) is 0 Å². The van der Waals surface area contributed by atoms with Crippen LogP contribution in [-0.4, -0.2) is 70.2 Å². The molecule has 192 valence electrons. The Kier molecular flexibility index (Phi) is 7.73. The molecule has 37 heavy (non-hydrogen) atoms. The number of aromatic nitrogens is 3. The molecule has 3 heterocycles. The van der Waals surface area contributed by atoms with Crippen molar-refractivity contribution in [3.63, 3.8) is 0 Å². The van der Waals surface area contributed by atoms with Crippen molar-refractivity contribution in [2.75, 3.05) is 48.3 Å². The Bertz CT molecular complexity index is 1490. The summed E-state index contributed by atoms with van der Waals surface area (Å²) >= 11 is 0. The average Bonchev–Trinajstić information content (AvgIpc) is 2.93. The first-order valence-corrected chi connectivity index (χ1v) is 15.1. The SMILES string of the molecule is O=S1CCN(CCCNc2cc3c(Nc4ccc(S(=O)(=O)c5ccccc5)cc4)ncnc3cn2)CC1. The molecule has 1 saturated heterocycles. The van der Waals surface area contributed by atoms with E-state index in [0.29, 0.717) is 17.0 Å². The minimum Gasteiger partial charge on any atom is -0.370 e. The fourth-order valence-corrected chi connectivity index (χ4v) is 6.57. The van der Waals surface area contributed by atoms with Gasteiger partial charge in [-0.25, -0.2) is 23.4 Å². The maximum absolute atomic E-state index is 12.9. The highest BCUT2D eigenvalue weighted by Gasteiger charge is 2.17. The number of rotatable bonds is 9. The molecule has 0 saturated carbocycles. The Morgan fingerprint density at radius 3 is 2.41 bits per heavy atom. The molecule has 1 aliphatic heterocycles. The number of benzene rings is 2. The standard InChI is InChI=1S/C26H28N6O3S2/c33-36-15-13-32(14-16-36)12-4-11-27-25-17-23-24(18-28-25)29-19-30-26(23)31-20-7-9-22(10-8-20)37(34,35)21-5-2-1-3-6-21/h1-3,5-10,17-19H,4,11-16H2,(H,27,28)(H,29,30,31). The van der Waals surface area contributed by atoms with Crippen molar-refractivity contribution in [2.24, 2.45) is 0 Å². The molecule has 1 fully saturated rings. The molecule has 2 aromatic carbocycles. The van der Waals surface area contributed by atoms with Gasteiger partial charge in [-0.1, -0.05) is 18.2 Å². The van der Waals surface area contributed by atoms with Gasteiger partial charge in [-0.3, -0.25) is 4.21 Å². The van der Waals surface area contributed by atoms with E-state index in [4.69, 9.17) is 0 Å². The van der Waals surface area contributed by atoms with Gasteiger partial charge in [-0.05, 0) is 55.4 Å². The molecule has 11 heteroatoms. The highest BCUT2D eigenvalue weighted by atomic mass is 32.2. The van der Waals surface area contributed by atoms with Crippen molar-refractivity contribution in [1.29, 1.82) is 0 Å². The van der Waals surface area contributed by atoms with Gasteiger partial charge in [-0.15, -0.1) is 0 Å². The molecule has 0 bridgehead atoms. The van der Waals surface area contributed by atoms with Crippen LogP contribution in [0.4, 0.5) is 17.3 Å². The first kappa shape index (κ1) is 25.2. The van der Waals surface area contributed by atoms with Crippen LogP contribution in [0, 0.1) is 0 Å². The summed E-state index contributed by atoms with van der Waals surface area (Å²) in [6.45, 7) is 3.52. The fourth-order valence-electron chi connectivity index (χ4n) is 4.16. The second-order valence-electron chi connectivity index (χ2n) is 8.74. The van der Waals surface area contributed by atoms with E-state index in [-0.39, 0.29) is 9.79 Å². The number of pyridine rings is 1. The fraction of sp³-hybridized carbons (Fsp3) is 0.269. The molecule has 0 unspecified atom stereocenters. The van der Waals surface area contributed by atoms with Gasteiger partial charge >= 0.3 is 0 Å². The Morgan fingerprint density at radius 2 is 1.65 bits per heavy atom. The molecule has 4 aromatic rings. The first-order chi connectivity index (χ1) is 18.0. The molecule has 1 aliphatic rings. The molecule has 0 spiro atoms. The lowest BCUT2D eigenvalue weighted by Gasteiger charge is -2.25. The molecule has 5 rings (SSSR count). The zero-order chi connectivity index (χ0) is 25.7. The van der Waals surface area contributed by atoms with Gasteiger partial charge in [-0.2, -0.15) is 0 Å². The molecule has 0 atom stereocenters. The van der Waals surface area contributed by atoms with Crippen molar-refractivity contribution in [1.82, 2.24) is 19.9 Å². The second-order valence-corrected chi connectivity index (χ2v) is 12.4. The molecule has 0 radical (unpaired) electrons. The molecule has 2 aromatic heterocycles. The van der Waals surface area contributed by atoms with Crippen LogP contribution < -0.4 is 10.6 Å². The molecular weight excluding hydrogens is 508 g/mol. The summed E-state index contributed by atoms with van der Waals surface area (Å²) in [6, 6.07) is 16.9. The summed E-state index contributed by atoms with van der Waals surface area (Å²) in [5.74, 6) is 2.87. The normalized spacial score (nSPS) is 15.0. The summed E-state index contributed by atoms with van der Waals surface area (Å²) in [5, 5.41) is 7.45. The van der Waals surface area contributed by atoms with Crippen LogP contribution in [0.1, 0.15) is 6.42 Å². The maximum Gasteiger partial charge on any atom is 0.206 e. The Hall–Kier alpha value is -3.41. The zero-order valence-electron chi connectivity index (χ0n) is 20.2. The van der Waals surface area contributed by atoms with E-state index in [1.807, 2.05) is 6.07 Å². The maximum atomic E-state index is 12.9. The summed E-state index contributed by atoms with van der Waals surface area (Å²) in [6.07, 6.45) is 4.14. The molecule has 2 N–H and O–H groups in total. The topological polar surface area (TPSA) is 117 Å². The van der Waals surface area contributed by atoms with E-state index in [0.717, 1.165) is 55.3 Å². The predicted molar refractivity (Wildman–Crippen MR) is 146 cm³/mol. The number of sulfone groups is 1. The number of hydrogen-bond acceptors (Lipinski definition) is 9. The van der Waals surface area contributed by atoms with Crippen LogP contribution in [0.25, 0.3) is 10.9 Å². The monoisotopic (exact) mass is 536 g/mol. The lowest BCUT2D eigenvalue weighted by molar-refractivity contribution is 0.298. The largest absolute Gasteiger partial charge is 0.370 e. The van der Waals surface area contributed by atoms with Crippen LogP contribution in [0.2, 0.25) is 0 Å². The lowest BCUT2D eigenvalue weighted by atomic mass is 10.2. The Balaban J connectivity index is 1.25. The quantitative estimate of drug-likeness (QED) is 0.310. The third-order valence-corrected chi connectivity index (χ3v) is 9.29. The molecule has 0 aliphatic carbocycles. The van der Waals surface area contributed by atoms with Crippen LogP contribution in [0.15, 0.2) is 83.0 Å². The van der Waals surface area contributed by atoms with Gasteiger partial charge in [0.05, 0.1) is 21.5 Å². The van der Waals surface area contributed by atoms with E-state index in [9.17, 15) is 12.6 Å². The van der Waals surface area contributed by atoms with Gasteiger partial charge in [0, 0.05) is 53.0 Å². The van der Waals surface area contributed by atoms with Crippen molar-refractivity contribution in [2.45, 2.75) is 16.2 Å². The van der Waals surface area contributed by atoms with Crippen LogP contribution >= 0.6 is 0 Å². The van der Waals surface area contributed by atoms with Gasteiger partial charge in [0.1, 0.15) is 18.0 Å². The first-order valence-electron chi connectivity index (χ1n) is 12.1. The summed E-state index contributed by atoms with van der Waals surface area (Å²) in [7, 11) is -4.23. The Labute approximate surface area is 218 Å². The van der Waals surface area contributed by atoms with Gasteiger partial charge in [0.25, 0.3) is 0 Å². The smallest absolute Gasteiger partial charge is 0.206 e. The zero-order valence-corrected chi connectivity index (χ0v) is 21.8. The Morgan fingerprint density at radius 1 is 0.919 bits per heavy atom. The summed E-state index contributed by atoms with van der Waals surface area (Å²) in [4.78, 5) is 16.0. The van der Waals surface area contributed by atoms with E-state index in [1.54, 1.807) is 60.8 Å². The van der Waals surface area contributed by atoms with E-state index in [1.165, 1.54) is 6.33 Å². The average molecular weight is 537 g/mol. The number of anilines is 3. The molecule has 0 amide bonds. The van der Waals surface area contributed by atoms with Gasteiger partial charge < -0.3 is 15.5 Å². The van der Waals surface area contributed by atoms with E-state index in [2.05, 4.69) is 30.5 Å².